The molecule has 2 aromatic rings. The molecule has 0 fully saturated rings. The molecule has 0 bridgehead atoms. The Labute approximate surface area is 179 Å². The molecule has 31 heavy (non-hydrogen) atoms. The summed E-state index contributed by atoms with van der Waals surface area (Å²) in [5.41, 5.74) is 13.5. The second-order valence-electron chi connectivity index (χ2n) is 6.40. The second-order valence-corrected chi connectivity index (χ2v) is 7.19. The van der Waals surface area contributed by atoms with E-state index in [-0.39, 0.29) is 40.8 Å². The van der Waals surface area contributed by atoms with Crippen LogP contribution in [0, 0.1) is 11.3 Å². The zero-order valence-electron chi connectivity index (χ0n) is 16.2. The van der Waals surface area contributed by atoms with Crippen LogP contribution in [0.2, 0.25) is 0 Å². The lowest BCUT2D eigenvalue weighted by molar-refractivity contribution is -0.137. The summed E-state index contributed by atoms with van der Waals surface area (Å²) in [6, 6.07) is 5.75. The minimum absolute atomic E-state index is 0.144. The van der Waals surface area contributed by atoms with Crippen LogP contribution in [0.4, 0.5) is 24.8 Å². The first kappa shape index (κ1) is 23.9. The number of primary amides is 1. The van der Waals surface area contributed by atoms with Gasteiger partial charge in [0.25, 0.3) is 5.91 Å². The number of thioether (sulfide) groups is 1. The first-order valence-electron chi connectivity index (χ1n) is 8.60. The van der Waals surface area contributed by atoms with E-state index in [4.69, 9.17) is 17.2 Å². The van der Waals surface area contributed by atoms with E-state index in [9.17, 15) is 28.0 Å². The number of alkyl halides is 3. The number of carbonyl (C=O) groups is 2. The van der Waals surface area contributed by atoms with Gasteiger partial charge in [0.05, 0.1) is 11.3 Å². The monoisotopic (exact) mass is 453 g/mol. The van der Waals surface area contributed by atoms with Gasteiger partial charge in [-0.3, -0.25) is 9.59 Å². The Bertz CT molecular complexity index is 1060. The molecule has 0 saturated heterocycles. The number of nitrogens with two attached hydrogens (primary N) is 3. The summed E-state index contributed by atoms with van der Waals surface area (Å²) in [6.45, 7) is 0. The zero-order valence-corrected chi connectivity index (χ0v) is 17.0. The van der Waals surface area contributed by atoms with Crippen LogP contribution in [-0.4, -0.2) is 28.0 Å². The largest absolute Gasteiger partial charge is 0.416 e. The zero-order chi connectivity index (χ0) is 23.4. The highest BCUT2D eigenvalue weighted by Gasteiger charge is 2.41. The second kappa shape index (κ2) is 9.19. The topological polar surface area (TPSA) is 174 Å². The van der Waals surface area contributed by atoms with Gasteiger partial charge in [-0.1, -0.05) is 6.07 Å². The normalized spacial score (nSPS) is 13.2. The number of hydrogen-bond donors (Lipinski definition) is 4. The molecule has 2 rings (SSSR count). The fourth-order valence-electron chi connectivity index (χ4n) is 2.70. The lowest BCUT2D eigenvalue weighted by atomic mass is 9.86. The molecule has 0 spiro atoms. The maximum absolute atomic E-state index is 13.1. The van der Waals surface area contributed by atoms with E-state index in [1.54, 1.807) is 6.26 Å². The van der Waals surface area contributed by atoms with Crippen molar-refractivity contribution in [2.24, 2.45) is 11.5 Å². The van der Waals surface area contributed by atoms with Gasteiger partial charge < -0.3 is 22.5 Å². The van der Waals surface area contributed by atoms with E-state index in [1.807, 2.05) is 6.07 Å². The van der Waals surface area contributed by atoms with E-state index < -0.39 is 29.1 Å². The molecule has 0 saturated carbocycles. The number of benzene rings is 1. The summed E-state index contributed by atoms with van der Waals surface area (Å²) in [7, 11) is 0. The Balaban J connectivity index is 2.57. The lowest BCUT2D eigenvalue weighted by Gasteiger charge is -2.28. The number of amides is 2. The molecular formula is C18H18F3N7O2S. The predicted octanol–water partition coefficient (Wildman–Crippen LogP) is 1.73. The van der Waals surface area contributed by atoms with E-state index >= 15 is 0 Å². The van der Waals surface area contributed by atoms with Gasteiger partial charge >= 0.3 is 6.18 Å². The Morgan fingerprint density at radius 3 is 2.52 bits per heavy atom. The molecule has 1 heterocycles. The molecule has 0 radical (unpaired) electrons. The maximum atomic E-state index is 13.1. The smallest absolute Gasteiger partial charge is 0.370 e. The number of hydrogen-bond acceptors (Lipinski definition) is 8. The predicted molar refractivity (Wildman–Crippen MR) is 107 cm³/mol. The quantitative estimate of drug-likeness (QED) is 0.362. The Morgan fingerprint density at radius 1 is 1.29 bits per heavy atom. The van der Waals surface area contributed by atoms with Gasteiger partial charge in [0.1, 0.15) is 22.2 Å². The molecular weight excluding hydrogens is 435 g/mol. The number of nitrogens with zero attached hydrogens (tertiary/aromatic N) is 3. The van der Waals surface area contributed by atoms with Crippen molar-refractivity contribution in [3.8, 4) is 6.07 Å². The molecule has 1 aromatic heterocycles. The molecule has 0 aliphatic rings. The molecule has 7 N–H and O–H groups in total. The third-order valence-corrected chi connectivity index (χ3v) is 4.92. The molecule has 13 heteroatoms. The number of nitrogens with one attached hydrogen (secondary N) is 1. The minimum atomic E-state index is -4.63. The van der Waals surface area contributed by atoms with Crippen LogP contribution in [0.1, 0.15) is 29.7 Å². The molecule has 1 aromatic carbocycles. The lowest BCUT2D eigenvalue weighted by Crippen LogP contribution is -2.50. The summed E-state index contributed by atoms with van der Waals surface area (Å²) in [6.07, 6.45) is -3.77. The number of rotatable bonds is 7. The number of aromatic nitrogens is 2. The fourth-order valence-corrected chi connectivity index (χ4v) is 3.23. The summed E-state index contributed by atoms with van der Waals surface area (Å²) >= 11 is 1.05. The van der Waals surface area contributed by atoms with Crippen molar-refractivity contribution in [1.82, 2.24) is 9.97 Å². The van der Waals surface area contributed by atoms with Crippen molar-refractivity contribution in [1.29, 1.82) is 5.26 Å². The van der Waals surface area contributed by atoms with Crippen LogP contribution >= 0.6 is 11.8 Å². The highest BCUT2D eigenvalue weighted by Crippen LogP contribution is 2.33. The van der Waals surface area contributed by atoms with Gasteiger partial charge in [0.15, 0.2) is 0 Å². The van der Waals surface area contributed by atoms with Crippen LogP contribution in [0.25, 0.3) is 0 Å². The van der Waals surface area contributed by atoms with Gasteiger partial charge in [-0.05, 0) is 30.9 Å². The number of nitrogen functional groups attached to an aromatic ring is 1. The molecule has 0 aliphatic heterocycles. The van der Waals surface area contributed by atoms with Crippen molar-refractivity contribution in [3.05, 3.63) is 41.1 Å². The van der Waals surface area contributed by atoms with Crippen molar-refractivity contribution in [2.75, 3.05) is 17.3 Å². The molecule has 0 unspecified atom stereocenters. The van der Waals surface area contributed by atoms with Gasteiger partial charge in [-0.25, -0.2) is 9.97 Å². The fraction of sp³-hybridized carbons (Fsp3) is 0.278. The van der Waals surface area contributed by atoms with Crippen molar-refractivity contribution >= 4 is 35.2 Å². The SMILES string of the molecule is CSc1nc(N)nc([C@](N)(CCC(N)=O)C(=O)Nc2cccc(C(F)(F)F)c2)c1C#N. The first-order chi connectivity index (χ1) is 14.4. The van der Waals surface area contributed by atoms with Crippen LogP contribution in [0.3, 0.4) is 0 Å². The molecule has 2 amide bonds. The Kier molecular flexibility index (Phi) is 7.09. The number of nitriles is 1. The minimum Gasteiger partial charge on any atom is -0.370 e. The summed E-state index contributed by atoms with van der Waals surface area (Å²) in [5, 5.41) is 12.0. The molecule has 9 nitrogen and oxygen atoms in total. The van der Waals surface area contributed by atoms with Crippen LogP contribution in [0.5, 0.6) is 0 Å². The van der Waals surface area contributed by atoms with Crippen molar-refractivity contribution in [2.45, 2.75) is 29.6 Å². The van der Waals surface area contributed by atoms with Crippen molar-refractivity contribution < 1.29 is 22.8 Å². The van der Waals surface area contributed by atoms with Gasteiger partial charge in [0, 0.05) is 12.1 Å². The average Bonchev–Trinajstić information content (AvgIpc) is 2.70. The summed E-state index contributed by atoms with van der Waals surface area (Å²) in [5.74, 6) is -2.07. The van der Waals surface area contributed by atoms with E-state index in [1.165, 1.54) is 6.07 Å². The van der Waals surface area contributed by atoms with E-state index in [0.29, 0.717) is 0 Å². The first-order valence-corrected chi connectivity index (χ1v) is 9.82. The molecule has 0 aliphatic carbocycles. The summed E-state index contributed by atoms with van der Waals surface area (Å²) in [4.78, 5) is 32.3. The molecule has 164 valence electrons. The maximum Gasteiger partial charge on any atom is 0.416 e. The Hall–Kier alpha value is -3.37. The standard InChI is InChI=1S/C18H18F3N7O2S/c1-31-14-11(8-22)13(27-16(24)28-14)17(25,6-5-12(23)29)15(30)26-10-4-2-3-9(7-10)18(19,20)21/h2-4,7H,5-6,25H2,1H3,(H2,23,29)(H,26,30)(H2,24,27,28)/t17-/m1/s1. The third-order valence-electron chi connectivity index (χ3n) is 4.24. The third kappa shape index (κ3) is 5.41. The van der Waals surface area contributed by atoms with Gasteiger partial charge in [-0.2, -0.15) is 18.4 Å². The highest BCUT2D eigenvalue weighted by molar-refractivity contribution is 7.98. The number of carbonyl (C=O) groups excluding carboxylic acids is 2. The number of halogens is 3. The van der Waals surface area contributed by atoms with Crippen LogP contribution in [-0.2, 0) is 21.3 Å². The number of anilines is 2. The highest BCUT2D eigenvalue weighted by atomic mass is 32.2. The van der Waals surface area contributed by atoms with E-state index in [2.05, 4.69) is 15.3 Å². The van der Waals surface area contributed by atoms with Crippen LogP contribution < -0.4 is 22.5 Å². The van der Waals surface area contributed by atoms with E-state index in [0.717, 1.165) is 30.0 Å². The van der Waals surface area contributed by atoms with Gasteiger partial charge in [0.2, 0.25) is 11.9 Å². The summed E-state index contributed by atoms with van der Waals surface area (Å²) < 4.78 is 38.9. The van der Waals surface area contributed by atoms with Crippen molar-refractivity contribution in [3.63, 3.8) is 0 Å². The van der Waals surface area contributed by atoms with Crippen LogP contribution in [0.15, 0.2) is 29.3 Å². The molecule has 1 atom stereocenters. The van der Waals surface area contributed by atoms with Gasteiger partial charge in [-0.15, -0.1) is 11.8 Å². The average molecular weight is 453 g/mol. The Morgan fingerprint density at radius 2 is 1.97 bits per heavy atom.